The van der Waals surface area contributed by atoms with Gasteiger partial charge in [0.25, 0.3) is 0 Å². The number of aliphatic imine (C=N–C) groups is 1. The van der Waals surface area contributed by atoms with Crippen LogP contribution in [0.5, 0.6) is 0 Å². The number of hydrogen-bond donors (Lipinski definition) is 3. The number of nitrogens with zero attached hydrogens (tertiary/aromatic N) is 1. The van der Waals surface area contributed by atoms with Crippen LogP contribution in [0.25, 0.3) is 0 Å². The summed E-state index contributed by atoms with van der Waals surface area (Å²) < 4.78 is 5.20. The highest BCUT2D eigenvalue weighted by molar-refractivity contribution is 7.12. The zero-order valence-electron chi connectivity index (χ0n) is 19.9. The van der Waals surface area contributed by atoms with Crippen LogP contribution in [-0.4, -0.2) is 30.9 Å². The summed E-state index contributed by atoms with van der Waals surface area (Å²) in [6.07, 6.45) is 6.98. The number of ether oxygens (including phenoxy) is 1. The van der Waals surface area contributed by atoms with Crippen molar-refractivity contribution in [1.82, 2.24) is 5.32 Å². The lowest BCUT2D eigenvalue weighted by molar-refractivity contribution is 0.0654. The Morgan fingerprint density at radius 2 is 2.03 bits per heavy atom. The van der Waals surface area contributed by atoms with E-state index in [1.54, 1.807) is 12.3 Å². The van der Waals surface area contributed by atoms with E-state index >= 15 is 0 Å². The number of halogens is 1. The van der Waals surface area contributed by atoms with Gasteiger partial charge in [-0.1, -0.05) is 37.1 Å². The molecule has 180 valence electrons. The van der Waals surface area contributed by atoms with E-state index in [0.29, 0.717) is 21.3 Å². The van der Waals surface area contributed by atoms with Gasteiger partial charge in [-0.05, 0) is 57.7 Å². The SMILES string of the molecule is CC(=O)c1cc(N=C/C(=C\N)NC(C)(C)Nc2ccccc2Cl)cs1.CCC1CCOCC1. The predicted octanol–water partition coefficient (Wildman–Crippen LogP) is 6.37. The maximum absolute atomic E-state index is 11.3. The van der Waals surface area contributed by atoms with Crippen LogP contribution in [0.15, 0.2) is 52.6 Å². The number of para-hydroxylation sites is 1. The normalized spacial score (nSPS) is 15.1. The van der Waals surface area contributed by atoms with Gasteiger partial charge in [0.1, 0.15) is 5.66 Å². The van der Waals surface area contributed by atoms with Crippen molar-refractivity contribution in [3.8, 4) is 0 Å². The molecule has 0 saturated carbocycles. The minimum absolute atomic E-state index is 0.0317. The number of nitrogens with one attached hydrogen (secondary N) is 2. The third kappa shape index (κ3) is 9.58. The minimum atomic E-state index is -0.512. The van der Waals surface area contributed by atoms with Crippen molar-refractivity contribution in [3.63, 3.8) is 0 Å². The molecule has 2 aromatic rings. The number of thiophene rings is 1. The fourth-order valence-corrected chi connectivity index (χ4v) is 4.20. The van der Waals surface area contributed by atoms with Gasteiger partial charge in [0.2, 0.25) is 0 Å². The van der Waals surface area contributed by atoms with Crippen molar-refractivity contribution in [1.29, 1.82) is 0 Å². The molecule has 33 heavy (non-hydrogen) atoms. The third-order valence-electron chi connectivity index (χ3n) is 5.16. The predicted molar refractivity (Wildman–Crippen MR) is 141 cm³/mol. The molecule has 6 nitrogen and oxygen atoms in total. The van der Waals surface area contributed by atoms with Crippen LogP contribution in [0, 0.1) is 5.92 Å². The molecule has 0 atom stereocenters. The molecule has 3 rings (SSSR count). The van der Waals surface area contributed by atoms with E-state index in [1.807, 2.05) is 43.5 Å². The minimum Gasteiger partial charge on any atom is -0.403 e. The van der Waals surface area contributed by atoms with Crippen molar-refractivity contribution in [2.24, 2.45) is 16.6 Å². The maximum Gasteiger partial charge on any atom is 0.169 e. The number of allylic oxidation sites excluding steroid dienone is 1. The molecule has 1 aromatic carbocycles. The van der Waals surface area contributed by atoms with Crippen LogP contribution in [0.4, 0.5) is 11.4 Å². The Labute approximate surface area is 206 Å². The van der Waals surface area contributed by atoms with Crippen LogP contribution in [0.2, 0.25) is 5.02 Å². The Morgan fingerprint density at radius 3 is 2.58 bits per heavy atom. The van der Waals surface area contributed by atoms with Gasteiger partial charge < -0.3 is 21.1 Å². The van der Waals surface area contributed by atoms with Crippen molar-refractivity contribution in [3.05, 3.63) is 57.5 Å². The zero-order chi connectivity index (χ0) is 24.3. The fourth-order valence-electron chi connectivity index (χ4n) is 3.29. The summed E-state index contributed by atoms with van der Waals surface area (Å²) >= 11 is 7.56. The van der Waals surface area contributed by atoms with E-state index in [1.165, 1.54) is 43.7 Å². The molecule has 8 heteroatoms. The topological polar surface area (TPSA) is 88.7 Å². The number of ketones is 1. The molecule has 1 fully saturated rings. The van der Waals surface area contributed by atoms with E-state index in [0.717, 1.165) is 24.8 Å². The summed E-state index contributed by atoms with van der Waals surface area (Å²) in [5, 5.41) is 9.06. The highest BCUT2D eigenvalue weighted by Gasteiger charge is 2.18. The summed E-state index contributed by atoms with van der Waals surface area (Å²) in [6, 6.07) is 9.27. The number of nitrogens with two attached hydrogens (primary N) is 1. The highest BCUT2D eigenvalue weighted by Crippen LogP contribution is 2.24. The number of carbonyl (C=O) groups excluding carboxylic acids is 1. The Morgan fingerprint density at radius 1 is 1.33 bits per heavy atom. The number of anilines is 1. The zero-order valence-corrected chi connectivity index (χ0v) is 21.4. The van der Waals surface area contributed by atoms with E-state index in [-0.39, 0.29) is 5.78 Å². The van der Waals surface area contributed by atoms with Gasteiger partial charge in [0.05, 0.1) is 33.2 Å². The lowest BCUT2D eigenvalue weighted by Gasteiger charge is -2.30. The Hall–Kier alpha value is -2.35. The second-order valence-corrected chi connectivity index (χ2v) is 9.74. The van der Waals surface area contributed by atoms with Crippen LogP contribution in [-0.2, 0) is 4.74 Å². The van der Waals surface area contributed by atoms with Crippen LogP contribution in [0.3, 0.4) is 0 Å². The third-order valence-corrected chi connectivity index (χ3v) is 6.51. The quantitative estimate of drug-likeness (QED) is 0.227. The fraction of sp³-hybridized carbons (Fsp3) is 0.440. The van der Waals surface area contributed by atoms with Gasteiger partial charge in [-0.2, -0.15) is 0 Å². The number of Topliss-reactive ketones (excluding diaryl/α,β-unsaturated/α-hetero) is 1. The molecule has 1 aliphatic heterocycles. The molecular weight excluding hydrogens is 456 g/mol. The second kappa shape index (κ2) is 13.4. The summed E-state index contributed by atoms with van der Waals surface area (Å²) in [6.45, 7) is 9.72. The van der Waals surface area contributed by atoms with Gasteiger partial charge in [0, 0.05) is 24.8 Å². The first-order chi connectivity index (χ1) is 15.7. The van der Waals surface area contributed by atoms with Gasteiger partial charge in [-0.15, -0.1) is 11.3 Å². The van der Waals surface area contributed by atoms with Crippen molar-refractivity contribution in [2.75, 3.05) is 18.5 Å². The molecule has 0 amide bonds. The first-order valence-corrected chi connectivity index (χ1v) is 12.4. The van der Waals surface area contributed by atoms with Crippen LogP contribution >= 0.6 is 22.9 Å². The molecule has 0 spiro atoms. The summed E-state index contributed by atoms with van der Waals surface area (Å²) in [5.74, 6) is 0.994. The maximum atomic E-state index is 11.3. The molecule has 0 unspecified atom stereocenters. The average molecular weight is 491 g/mol. The summed E-state index contributed by atoms with van der Waals surface area (Å²) in [5.41, 5.74) is 7.36. The average Bonchev–Trinajstić information content (AvgIpc) is 3.28. The van der Waals surface area contributed by atoms with Gasteiger partial charge >= 0.3 is 0 Å². The van der Waals surface area contributed by atoms with E-state index in [4.69, 9.17) is 22.1 Å². The molecule has 1 saturated heterocycles. The van der Waals surface area contributed by atoms with Gasteiger partial charge in [-0.3, -0.25) is 9.79 Å². The molecule has 2 heterocycles. The van der Waals surface area contributed by atoms with Crippen LogP contribution < -0.4 is 16.4 Å². The van der Waals surface area contributed by atoms with Crippen molar-refractivity contribution in [2.45, 2.75) is 52.6 Å². The number of carbonyl (C=O) groups is 1. The molecule has 0 aliphatic carbocycles. The van der Waals surface area contributed by atoms with E-state index in [9.17, 15) is 4.79 Å². The van der Waals surface area contributed by atoms with Crippen LogP contribution in [0.1, 0.15) is 56.6 Å². The monoisotopic (exact) mass is 490 g/mol. The molecule has 1 aromatic heterocycles. The summed E-state index contributed by atoms with van der Waals surface area (Å²) in [4.78, 5) is 16.4. The molecule has 4 N–H and O–H groups in total. The molecule has 0 bridgehead atoms. The lowest BCUT2D eigenvalue weighted by Crippen LogP contribution is -2.46. The van der Waals surface area contributed by atoms with Gasteiger partial charge in [-0.25, -0.2) is 0 Å². The highest BCUT2D eigenvalue weighted by atomic mass is 35.5. The lowest BCUT2D eigenvalue weighted by atomic mass is 9.98. The first kappa shape index (κ1) is 26.9. The van der Waals surface area contributed by atoms with Gasteiger partial charge in [0.15, 0.2) is 5.78 Å². The number of rotatable bonds is 8. The first-order valence-electron chi connectivity index (χ1n) is 11.2. The second-order valence-electron chi connectivity index (χ2n) is 8.42. The smallest absolute Gasteiger partial charge is 0.169 e. The Kier molecular flexibility index (Phi) is 10.9. The van der Waals surface area contributed by atoms with Crippen molar-refractivity contribution < 1.29 is 9.53 Å². The molecule has 1 aliphatic rings. The van der Waals surface area contributed by atoms with Crippen molar-refractivity contribution >= 4 is 46.3 Å². The molecular formula is C25H35ClN4O2S. The number of hydrogen-bond acceptors (Lipinski definition) is 7. The standard InChI is InChI=1S/C18H21ClN4OS.C7H14O/c1-12(24)17-8-13(11-25-17)21-10-14(9-20)22-18(2,3)23-16-7-5-4-6-15(16)19;1-2-7-3-5-8-6-4-7/h4-11,22-23H,20H2,1-3H3;7H,2-6H2,1H3/b14-9+,21-10?;. The Bertz CT molecular complexity index is 949. The van der Waals surface area contributed by atoms with E-state index in [2.05, 4.69) is 22.5 Å². The Balaban J connectivity index is 0.000000405. The number of benzene rings is 1. The molecule has 0 radical (unpaired) electrons. The summed E-state index contributed by atoms with van der Waals surface area (Å²) in [7, 11) is 0. The largest absolute Gasteiger partial charge is 0.403 e. The van der Waals surface area contributed by atoms with E-state index < -0.39 is 5.66 Å².